The number of benzene rings is 2. The Morgan fingerprint density at radius 2 is 2.03 bits per heavy atom. The van der Waals surface area contributed by atoms with Crippen LogP contribution in [0.25, 0.3) is 21.8 Å². The molecule has 10 nitrogen and oxygen atoms in total. The van der Waals surface area contributed by atoms with Crippen LogP contribution in [-0.4, -0.2) is 79.8 Å². The summed E-state index contributed by atoms with van der Waals surface area (Å²) in [6.45, 7) is 11.3. The van der Waals surface area contributed by atoms with Crippen molar-refractivity contribution in [2.24, 2.45) is 16.1 Å². The van der Waals surface area contributed by atoms with Gasteiger partial charge in [0.1, 0.15) is 12.1 Å². The van der Waals surface area contributed by atoms with Gasteiger partial charge in [0, 0.05) is 41.2 Å². The first-order valence-electron chi connectivity index (χ1n) is 13.2. The van der Waals surface area contributed by atoms with Crippen LogP contribution >= 0.6 is 0 Å². The average molecular weight is 533 g/mol. The van der Waals surface area contributed by atoms with E-state index in [1.807, 2.05) is 37.3 Å². The van der Waals surface area contributed by atoms with Crippen molar-refractivity contribution in [3.8, 4) is 23.1 Å². The van der Waals surface area contributed by atoms with Crippen LogP contribution in [0.2, 0.25) is 0 Å². The zero-order valence-corrected chi connectivity index (χ0v) is 22.6. The van der Waals surface area contributed by atoms with Crippen molar-refractivity contribution < 1.29 is 18.9 Å². The molecule has 0 atom stereocenters. The van der Waals surface area contributed by atoms with Crippen molar-refractivity contribution in [1.29, 1.82) is 0 Å². The molecule has 4 aromatic rings. The molecule has 4 heterocycles. The molecule has 1 spiro atoms. The second kappa shape index (κ2) is 12.0. The number of methoxy groups -OCH3 is 1. The molecule has 206 valence electrons. The lowest BCUT2D eigenvalue weighted by molar-refractivity contribution is -0.105. The summed E-state index contributed by atoms with van der Waals surface area (Å²) in [5, 5.41) is 1.86. The van der Waals surface area contributed by atoms with E-state index in [1.54, 1.807) is 7.11 Å². The van der Waals surface area contributed by atoms with Gasteiger partial charge in [-0.2, -0.15) is 0 Å². The number of nitrogens with zero attached hydrogens (tertiary/aromatic N) is 4. The highest BCUT2D eigenvalue weighted by atomic mass is 16.5. The standard InChI is InChI=1S/C27H30N4O4.C2H6N2/c1-18-10-19-11-20(4-5-22(19)30-18)35-26-21-12-24(32-2)25(13-23(21)28-17-29-26)34-9-3-7-31-8-6-27(14-31)15-33-16-27;1-4-2-3/h4-5,10-13,17,30H,3,6-9,14-16H2,1-2H3;1-3H2. The Morgan fingerprint density at radius 1 is 1.18 bits per heavy atom. The van der Waals surface area contributed by atoms with E-state index in [0.717, 1.165) is 66.8 Å². The first-order chi connectivity index (χ1) is 19.0. The highest BCUT2D eigenvalue weighted by Gasteiger charge is 2.43. The van der Waals surface area contributed by atoms with E-state index < -0.39 is 0 Å². The van der Waals surface area contributed by atoms with Gasteiger partial charge in [0.15, 0.2) is 11.5 Å². The van der Waals surface area contributed by atoms with Crippen LogP contribution < -0.4 is 19.9 Å². The molecule has 3 N–H and O–H groups in total. The van der Waals surface area contributed by atoms with Gasteiger partial charge in [0.05, 0.1) is 44.5 Å². The van der Waals surface area contributed by atoms with E-state index in [2.05, 4.69) is 37.6 Å². The SMILES string of the molecule is C=NCN.COc1cc2c(Oc3ccc4[nH]c(C)cc4c3)ncnc2cc1OCCCN1CCC2(COC2)C1. The van der Waals surface area contributed by atoms with Gasteiger partial charge in [0.25, 0.3) is 0 Å². The third kappa shape index (κ3) is 6.13. The summed E-state index contributed by atoms with van der Waals surface area (Å²) < 4.78 is 23.3. The largest absolute Gasteiger partial charge is 0.493 e. The van der Waals surface area contributed by atoms with Crippen molar-refractivity contribution >= 4 is 28.5 Å². The van der Waals surface area contributed by atoms with Gasteiger partial charge in [0.2, 0.25) is 5.88 Å². The Bertz CT molecular complexity index is 1430. The molecule has 2 saturated heterocycles. The van der Waals surface area contributed by atoms with E-state index in [9.17, 15) is 0 Å². The molecule has 0 bridgehead atoms. The molecule has 2 aromatic carbocycles. The summed E-state index contributed by atoms with van der Waals surface area (Å²) in [6.07, 6.45) is 3.72. The minimum absolute atomic E-state index is 0.333. The third-order valence-electron chi connectivity index (χ3n) is 7.16. The van der Waals surface area contributed by atoms with E-state index in [-0.39, 0.29) is 0 Å². The number of likely N-dealkylation sites (tertiary alicyclic amines) is 1. The molecule has 0 amide bonds. The lowest BCUT2D eigenvalue weighted by Gasteiger charge is -2.37. The minimum atomic E-state index is 0.333. The number of nitrogens with two attached hydrogens (primary N) is 1. The van der Waals surface area contributed by atoms with Gasteiger partial charge >= 0.3 is 0 Å². The van der Waals surface area contributed by atoms with Crippen molar-refractivity contribution in [2.75, 3.05) is 53.2 Å². The van der Waals surface area contributed by atoms with Crippen molar-refractivity contribution in [1.82, 2.24) is 19.9 Å². The predicted molar refractivity (Wildman–Crippen MR) is 152 cm³/mol. The number of aryl methyl sites for hydroxylation is 1. The first kappa shape index (κ1) is 26.9. The Labute approximate surface area is 228 Å². The number of hydrogen-bond donors (Lipinski definition) is 2. The summed E-state index contributed by atoms with van der Waals surface area (Å²) >= 11 is 0. The molecule has 39 heavy (non-hydrogen) atoms. The van der Waals surface area contributed by atoms with E-state index in [4.69, 9.17) is 24.7 Å². The zero-order valence-electron chi connectivity index (χ0n) is 22.6. The molecule has 2 aromatic heterocycles. The Morgan fingerprint density at radius 3 is 2.74 bits per heavy atom. The number of ether oxygens (including phenoxy) is 4. The van der Waals surface area contributed by atoms with Crippen LogP contribution in [0.15, 0.2) is 47.7 Å². The number of hydrogen-bond acceptors (Lipinski definition) is 9. The molecule has 2 aliphatic rings. The molecule has 2 aliphatic heterocycles. The molecular formula is C29H36N6O4. The van der Waals surface area contributed by atoms with Gasteiger partial charge in [-0.1, -0.05) is 0 Å². The summed E-state index contributed by atoms with van der Waals surface area (Å²) in [6, 6.07) is 11.8. The predicted octanol–water partition coefficient (Wildman–Crippen LogP) is 4.31. The van der Waals surface area contributed by atoms with E-state index >= 15 is 0 Å². The van der Waals surface area contributed by atoms with Crippen LogP contribution in [0.3, 0.4) is 0 Å². The Kier molecular flexibility index (Phi) is 8.25. The average Bonchev–Trinajstić information content (AvgIpc) is 3.54. The highest BCUT2D eigenvalue weighted by Crippen LogP contribution is 2.38. The number of H-pyrrole nitrogens is 1. The molecule has 10 heteroatoms. The fourth-order valence-electron chi connectivity index (χ4n) is 5.14. The van der Waals surface area contributed by atoms with Gasteiger partial charge in [-0.25, -0.2) is 9.97 Å². The summed E-state index contributed by atoms with van der Waals surface area (Å²) in [5.74, 6) is 2.52. The first-order valence-corrected chi connectivity index (χ1v) is 13.2. The molecular weight excluding hydrogens is 496 g/mol. The normalized spacial score (nSPS) is 16.1. The monoisotopic (exact) mass is 532 g/mol. The highest BCUT2D eigenvalue weighted by molar-refractivity contribution is 5.87. The maximum atomic E-state index is 6.16. The fraction of sp³-hybridized carbons (Fsp3) is 0.414. The van der Waals surface area contributed by atoms with Gasteiger partial charge in [-0.05, 0) is 63.4 Å². The molecule has 0 aliphatic carbocycles. The zero-order chi connectivity index (χ0) is 27.2. The van der Waals surface area contributed by atoms with E-state index in [0.29, 0.717) is 41.8 Å². The molecule has 2 fully saturated rings. The van der Waals surface area contributed by atoms with Gasteiger partial charge in [-0.15, -0.1) is 0 Å². The lowest BCUT2D eigenvalue weighted by atomic mass is 9.85. The number of nitrogens with one attached hydrogen (secondary N) is 1. The molecule has 0 unspecified atom stereocenters. The number of aromatic nitrogens is 3. The fourth-order valence-corrected chi connectivity index (χ4v) is 5.14. The minimum Gasteiger partial charge on any atom is -0.493 e. The van der Waals surface area contributed by atoms with Gasteiger partial charge in [-0.3, -0.25) is 4.99 Å². The number of rotatable bonds is 9. The van der Waals surface area contributed by atoms with Crippen molar-refractivity contribution in [3.63, 3.8) is 0 Å². The molecule has 0 saturated carbocycles. The second-order valence-corrected chi connectivity index (χ2v) is 10.1. The maximum absolute atomic E-state index is 6.16. The number of aromatic amines is 1. The summed E-state index contributed by atoms with van der Waals surface area (Å²) in [7, 11) is 1.64. The third-order valence-corrected chi connectivity index (χ3v) is 7.16. The van der Waals surface area contributed by atoms with Crippen LogP contribution in [-0.2, 0) is 4.74 Å². The number of fused-ring (bicyclic) bond motifs is 2. The molecule has 6 rings (SSSR count). The topological polar surface area (TPSA) is 120 Å². The second-order valence-electron chi connectivity index (χ2n) is 10.1. The van der Waals surface area contributed by atoms with E-state index in [1.165, 1.54) is 12.7 Å². The van der Waals surface area contributed by atoms with Crippen LogP contribution in [0.1, 0.15) is 18.5 Å². The Balaban J connectivity index is 0.000000723. The van der Waals surface area contributed by atoms with Crippen molar-refractivity contribution in [3.05, 3.63) is 48.4 Å². The quantitative estimate of drug-likeness (QED) is 0.242. The molecule has 0 radical (unpaired) electrons. The van der Waals surface area contributed by atoms with Gasteiger partial charge < -0.3 is 34.6 Å². The van der Waals surface area contributed by atoms with Crippen molar-refractivity contribution in [2.45, 2.75) is 19.8 Å². The smallest absolute Gasteiger partial charge is 0.230 e. The maximum Gasteiger partial charge on any atom is 0.230 e. The lowest BCUT2D eigenvalue weighted by Crippen LogP contribution is -2.44. The Hall–Kier alpha value is -3.73. The number of aliphatic imine (C=N–C) groups is 1. The van der Waals surface area contributed by atoms with Crippen LogP contribution in [0, 0.1) is 12.3 Å². The van der Waals surface area contributed by atoms with Crippen LogP contribution in [0.4, 0.5) is 0 Å². The summed E-state index contributed by atoms with van der Waals surface area (Å²) in [5.41, 5.74) is 8.16. The van der Waals surface area contributed by atoms with Crippen LogP contribution in [0.5, 0.6) is 23.1 Å². The summed E-state index contributed by atoms with van der Waals surface area (Å²) in [4.78, 5) is 17.9.